The van der Waals surface area contributed by atoms with Crippen molar-refractivity contribution in [2.24, 2.45) is 5.92 Å². The normalized spacial score (nSPS) is 15.6. The molecule has 31 heavy (non-hydrogen) atoms. The largest absolute Gasteiger partial charge is 0.375 e. The molecule has 0 unspecified atom stereocenters. The number of amides is 1. The molecule has 0 radical (unpaired) electrons. The molecule has 6 nitrogen and oxygen atoms in total. The SMILES string of the molecule is CN(CCCNC(=O)C1CCN(S(=O)(=O)c2cc(F)ccc2F)CC1)c1ccccc1. The third kappa shape index (κ3) is 5.80. The second-order valence-corrected chi connectivity index (χ2v) is 9.56. The Labute approximate surface area is 181 Å². The maximum absolute atomic E-state index is 13.9. The minimum atomic E-state index is -4.14. The van der Waals surface area contributed by atoms with Crippen LogP contribution < -0.4 is 10.2 Å². The third-order valence-electron chi connectivity index (χ3n) is 5.50. The van der Waals surface area contributed by atoms with Gasteiger partial charge >= 0.3 is 0 Å². The number of sulfonamides is 1. The van der Waals surface area contributed by atoms with E-state index in [1.807, 2.05) is 37.4 Å². The van der Waals surface area contributed by atoms with E-state index < -0.39 is 26.6 Å². The lowest BCUT2D eigenvalue weighted by molar-refractivity contribution is -0.126. The average Bonchev–Trinajstić information content (AvgIpc) is 2.78. The zero-order chi connectivity index (χ0) is 22.4. The van der Waals surface area contributed by atoms with Crippen LogP contribution in [0.5, 0.6) is 0 Å². The van der Waals surface area contributed by atoms with Crippen LogP contribution in [0.1, 0.15) is 19.3 Å². The van der Waals surface area contributed by atoms with Crippen LogP contribution in [0.2, 0.25) is 0 Å². The molecule has 1 heterocycles. The van der Waals surface area contributed by atoms with Gasteiger partial charge in [0.25, 0.3) is 0 Å². The van der Waals surface area contributed by atoms with Gasteiger partial charge in [-0.05, 0) is 49.6 Å². The Balaban J connectivity index is 1.45. The molecule has 1 aliphatic heterocycles. The lowest BCUT2D eigenvalue weighted by Gasteiger charge is -2.30. The van der Waals surface area contributed by atoms with Crippen molar-refractivity contribution < 1.29 is 22.0 Å². The first-order valence-corrected chi connectivity index (χ1v) is 11.7. The zero-order valence-electron chi connectivity index (χ0n) is 17.4. The summed E-state index contributed by atoms with van der Waals surface area (Å²) in [6.45, 7) is 1.50. The van der Waals surface area contributed by atoms with E-state index in [9.17, 15) is 22.0 Å². The first-order valence-electron chi connectivity index (χ1n) is 10.3. The van der Waals surface area contributed by atoms with E-state index in [-0.39, 0.29) is 24.9 Å². The van der Waals surface area contributed by atoms with Gasteiger partial charge in [-0.2, -0.15) is 4.31 Å². The van der Waals surface area contributed by atoms with E-state index in [0.717, 1.165) is 35.1 Å². The first kappa shape index (κ1) is 23.1. The highest BCUT2D eigenvalue weighted by Gasteiger charge is 2.33. The Bertz CT molecular complexity index is 994. The number of halogens is 2. The molecular formula is C22H27F2N3O3S. The number of benzene rings is 2. The standard InChI is InChI=1S/C22H27F2N3O3S/c1-26(19-6-3-2-4-7-19)13-5-12-25-22(28)17-10-14-27(15-11-17)31(29,30)21-16-18(23)8-9-20(21)24/h2-4,6-9,16-17H,5,10-15H2,1H3,(H,25,28). The van der Waals surface area contributed by atoms with Gasteiger partial charge in [0, 0.05) is 44.8 Å². The molecular weight excluding hydrogens is 424 g/mol. The summed E-state index contributed by atoms with van der Waals surface area (Å²) in [5.74, 6) is -2.19. The van der Waals surface area contributed by atoms with E-state index >= 15 is 0 Å². The van der Waals surface area contributed by atoms with E-state index in [2.05, 4.69) is 10.2 Å². The van der Waals surface area contributed by atoms with Crippen molar-refractivity contribution in [1.29, 1.82) is 0 Å². The Hall–Kier alpha value is -2.52. The summed E-state index contributed by atoms with van der Waals surface area (Å²) in [6, 6.07) is 12.3. The Morgan fingerprint density at radius 1 is 1.13 bits per heavy atom. The molecule has 1 aliphatic rings. The summed E-state index contributed by atoms with van der Waals surface area (Å²) in [6.07, 6.45) is 1.46. The van der Waals surface area contributed by atoms with E-state index in [0.29, 0.717) is 25.5 Å². The summed E-state index contributed by atoms with van der Waals surface area (Å²) in [5, 5.41) is 2.92. The Morgan fingerprint density at radius 3 is 2.48 bits per heavy atom. The molecule has 1 N–H and O–H groups in total. The molecule has 0 spiro atoms. The van der Waals surface area contributed by atoms with Crippen molar-refractivity contribution >= 4 is 21.6 Å². The summed E-state index contributed by atoms with van der Waals surface area (Å²) < 4.78 is 53.7. The molecule has 0 atom stereocenters. The number of piperidine rings is 1. The zero-order valence-corrected chi connectivity index (χ0v) is 18.2. The summed E-state index contributed by atoms with van der Waals surface area (Å²) in [5.41, 5.74) is 1.11. The fourth-order valence-corrected chi connectivity index (χ4v) is 5.20. The number of hydrogen-bond donors (Lipinski definition) is 1. The maximum atomic E-state index is 13.9. The summed E-state index contributed by atoms with van der Waals surface area (Å²) >= 11 is 0. The second-order valence-electron chi connectivity index (χ2n) is 7.65. The highest BCUT2D eigenvalue weighted by atomic mass is 32.2. The average molecular weight is 452 g/mol. The molecule has 2 aromatic carbocycles. The number of carbonyl (C=O) groups excluding carboxylic acids is 1. The minimum Gasteiger partial charge on any atom is -0.375 e. The third-order valence-corrected chi connectivity index (χ3v) is 7.42. The van der Waals surface area contributed by atoms with Gasteiger partial charge in [0.2, 0.25) is 15.9 Å². The molecule has 0 aliphatic carbocycles. The van der Waals surface area contributed by atoms with Crippen molar-refractivity contribution in [1.82, 2.24) is 9.62 Å². The molecule has 1 amide bonds. The van der Waals surface area contributed by atoms with E-state index in [4.69, 9.17) is 0 Å². The summed E-state index contributed by atoms with van der Waals surface area (Å²) in [7, 11) is -2.15. The molecule has 168 valence electrons. The van der Waals surface area contributed by atoms with Crippen LogP contribution in [0.3, 0.4) is 0 Å². The number of nitrogens with one attached hydrogen (secondary N) is 1. The fraction of sp³-hybridized carbons (Fsp3) is 0.409. The molecule has 1 saturated heterocycles. The van der Waals surface area contributed by atoms with Crippen LogP contribution in [0.15, 0.2) is 53.4 Å². The van der Waals surface area contributed by atoms with Crippen LogP contribution in [0, 0.1) is 17.6 Å². The lowest BCUT2D eigenvalue weighted by Crippen LogP contribution is -2.43. The Kier molecular flexibility index (Phi) is 7.61. The molecule has 1 fully saturated rings. The molecule has 0 bridgehead atoms. The Morgan fingerprint density at radius 2 is 1.81 bits per heavy atom. The van der Waals surface area contributed by atoms with Crippen LogP contribution in [-0.2, 0) is 14.8 Å². The van der Waals surface area contributed by atoms with Gasteiger partial charge in [0.15, 0.2) is 0 Å². The quantitative estimate of drug-likeness (QED) is 0.627. The van der Waals surface area contributed by atoms with Gasteiger partial charge in [-0.25, -0.2) is 17.2 Å². The van der Waals surface area contributed by atoms with Gasteiger partial charge in [-0.3, -0.25) is 4.79 Å². The smallest absolute Gasteiger partial charge is 0.246 e. The van der Waals surface area contributed by atoms with Crippen LogP contribution >= 0.6 is 0 Å². The topological polar surface area (TPSA) is 69.7 Å². The number of anilines is 1. The van der Waals surface area contributed by atoms with Crippen LogP contribution in [0.25, 0.3) is 0 Å². The van der Waals surface area contributed by atoms with Gasteiger partial charge < -0.3 is 10.2 Å². The van der Waals surface area contributed by atoms with E-state index in [1.54, 1.807) is 0 Å². The monoisotopic (exact) mass is 451 g/mol. The van der Waals surface area contributed by atoms with Crippen molar-refractivity contribution in [3.8, 4) is 0 Å². The van der Waals surface area contributed by atoms with Crippen LogP contribution in [0.4, 0.5) is 14.5 Å². The number of para-hydroxylation sites is 1. The summed E-state index contributed by atoms with van der Waals surface area (Å²) in [4.78, 5) is 13.9. The minimum absolute atomic E-state index is 0.0904. The van der Waals surface area contributed by atoms with Crippen molar-refractivity contribution in [2.45, 2.75) is 24.2 Å². The second kappa shape index (κ2) is 10.2. The lowest BCUT2D eigenvalue weighted by atomic mass is 9.97. The molecule has 3 rings (SSSR count). The number of rotatable bonds is 8. The fourth-order valence-electron chi connectivity index (χ4n) is 3.66. The molecule has 0 aromatic heterocycles. The number of carbonyl (C=O) groups is 1. The van der Waals surface area contributed by atoms with Crippen molar-refractivity contribution in [3.05, 3.63) is 60.2 Å². The number of hydrogen-bond acceptors (Lipinski definition) is 4. The maximum Gasteiger partial charge on any atom is 0.246 e. The van der Waals surface area contributed by atoms with Gasteiger partial charge in [-0.15, -0.1) is 0 Å². The first-order chi connectivity index (χ1) is 14.8. The van der Waals surface area contributed by atoms with Gasteiger partial charge in [0.05, 0.1) is 0 Å². The molecule has 0 saturated carbocycles. The predicted molar refractivity (Wildman–Crippen MR) is 115 cm³/mol. The van der Waals surface area contributed by atoms with Crippen LogP contribution in [-0.4, -0.2) is 51.9 Å². The highest BCUT2D eigenvalue weighted by molar-refractivity contribution is 7.89. The van der Waals surface area contributed by atoms with Gasteiger partial charge in [0.1, 0.15) is 16.5 Å². The van der Waals surface area contributed by atoms with Crippen molar-refractivity contribution in [2.75, 3.05) is 38.1 Å². The van der Waals surface area contributed by atoms with Crippen molar-refractivity contribution in [3.63, 3.8) is 0 Å². The number of nitrogens with zero attached hydrogens (tertiary/aromatic N) is 2. The highest BCUT2D eigenvalue weighted by Crippen LogP contribution is 2.26. The van der Waals surface area contributed by atoms with Gasteiger partial charge in [-0.1, -0.05) is 18.2 Å². The predicted octanol–water partition coefficient (Wildman–Crippen LogP) is 3.01. The molecule has 2 aromatic rings. The molecule has 9 heteroatoms. The van der Waals surface area contributed by atoms with E-state index in [1.165, 1.54) is 0 Å².